The lowest BCUT2D eigenvalue weighted by atomic mass is 9.80. The Morgan fingerprint density at radius 2 is 2.06 bits per heavy atom. The predicted octanol–water partition coefficient (Wildman–Crippen LogP) is 1.81. The molecule has 0 spiro atoms. The molecular formula is C14H28N2O2. The van der Waals surface area contributed by atoms with Crippen LogP contribution in [0.25, 0.3) is 0 Å². The molecule has 1 fully saturated rings. The number of likely N-dealkylation sites (N-methyl/N-ethyl adjacent to an activating group) is 1. The lowest BCUT2D eigenvalue weighted by Gasteiger charge is -2.39. The van der Waals surface area contributed by atoms with E-state index in [4.69, 9.17) is 5.11 Å². The maximum atomic E-state index is 10.9. The second-order valence-electron chi connectivity index (χ2n) is 6.71. The van der Waals surface area contributed by atoms with E-state index in [1.165, 1.54) is 6.42 Å². The topological polar surface area (TPSA) is 52.6 Å². The van der Waals surface area contributed by atoms with E-state index in [0.717, 1.165) is 26.1 Å². The summed E-state index contributed by atoms with van der Waals surface area (Å²) in [4.78, 5) is 12.9. The molecule has 0 amide bonds. The van der Waals surface area contributed by atoms with Gasteiger partial charge in [0.1, 0.15) is 0 Å². The average Bonchev–Trinajstić information content (AvgIpc) is 2.12. The highest BCUT2D eigenvalue weighted by atomic mass is 16.4. The number of nitrogens with one attached hydrogen (secondary N) is 1. The lowest BCUT2D eigenvalue weighted by molar-refractivity contribution is -0.138. The second-order valence-corrected chi connectivity index (χ2v) is 6.71. The number of hydrogen-bond donors (Lipinski definition) is 2. The Balaban J connectivity index is 2.58. The van der Waals surface area contributed by atoms with Crippen molar-refractivity contribution in [3.05, 3.63) is 0 Å². The summed E-state index contributed by atoms with van der Waals surface area (Å²) in [6.45, 7) is 11.8. The summed E-state index contributed by atoms with van der Waals surface area (Å²) in [5.74, 6) is -0.121. The summed E-state index contributed by atoms with van der Waals surface area (Å²) in [6, 6.07) is 0.440. The number of aliphatic carboxylic acids is 1. The fraction of sp³-hybridized carbons (Fsp3) is 0.929. The first-order valence-corrected chi connectivity index (χ1v) is 6.97. The number of carboxylic acids is 1. The molecule has 106 valence electrons. The molecule has 0 aliphatic carbocycles. The number of rotatable bonds is 5. The van der Waals surface area contributed by atoms with Gasteiger partial charge in [-0.25, -0.2) is 0 Å². The molecule has 1 aliphatic heterocycles. The molecule has 2 atom stereocenters. The van der Waals surface area contributed by atoms with E-state index in [1.54, 1.807) is 0 Å². The summed E-state index contributed by atoms with van der Waals surface area (Å²) in [7, 11) is 0. The van der Waals surface area contributed by atoms with Gasteiger partial charge in [0.2, 0.25) is 0 Å². The van der Waals surface area contributed by atoms with E-state index in [9.17, 15) is 4.79 Å². The summed E-state index contributed by atoms with van der Waals surface area (Å²) in [6.07, 6.45) is 2.33. The Bertz CT molecular complexity index is 273. The molecule has 2 N–H and O–H groups in total. The molecule has 0 aromatic heterocycles. The van der Waals surface area contributed by atoms with E-state index < -0.39 is 5.97 Å². The van der Waals surface area contributed by atoms with Gasteiger partial charge in [0.05, 0.1) is 6.54 Å². The summed E-state index contributed by atoms with van der Waals surface area (Å²) in [5, 5.41) is 12.4. The molecular weight excluding hydrogens is 228 g/mol. The van der Waals surface area contributed by atoms with Crippen LogP contribution in [0.1, 0.15) is 40.5 Å². The SMILES string of the molecule is CCNC1CC(CC(C)(C)C)CN(CC(=O)O)C1. The van der Waals surface area contributed by atoms with Gasteiger partial charge in [-0.15, -0.1) is 0 Å². The van der Waals surface area contributed by atoms with Crippen molar-refractivity contribution in [1.29, 1.82) is 0 Å². The molecule has 4 nitrogen and oxygen atoms in total. The van der Waals surface area contributed by atoms with Crippen molar-refractivity contribution < 1.29 is 9.90 Å². The fourth-order valence-corrected chi connectivity index (χ4v) is 3.07. The Morgan fingerprint density at radius 1 is 1.39 bits per heavy atom. The lowest BCUT2D eigenvalue weighted by Crippen LogP contribution is -2.51. The largest absolute Gasteiger partial charge is 0.480 e. The highest BCUT2D eigenvalue weighted by Crippen LogP contribution is 2.30. The van der Waals surface area contributed by atoms with Crippen LogP contribution in [0.2, 0.25) is 0 Å². The summed E-state index contributed by atoms with van der Waals surface area (Å²) >= 11 is 0. The molecule has 1 rings (SSSR count). The molecule has 0 aromatic carbocycles. The second kappa shape index (κ2) is 6.53. The third-order valence-electron chi connectivity index (χ3n) is 3.37. The van der Waals surface area contributed by atoms with E-state index in [0.29, 0.717) is 17.4 Å². The zero-order valence-electron chi connectivity index (χ0n) is 12.2. The van der Waals surface area contributed by atoms with Crippen LogP contribution in [0.4, 0.5) is 0 Å². The fourth-order valence-electron chi connectivity index (χ4n) is 3.07. The smallest absolute Gasteiger partial charge is 0.317 e. The maximum absolute atomic E-state index is 10.9. The van der Waals surface area contributed by atoms with Crippen LogP contribution < -0.4 is 5.32 Å². The standard InChI is InChI=1S/C14H28N2O2/c1-5-15-12-6-11(7-14(2,3)4)8-16(9-12)10-13(17)18/h11-12,15H,5-10H2,1-4H3,(H,17,18). The van der Waals surface area contributed by atoms with Crippen LogP contribution in [-0.2, 0) is 4.79 Å². The molecule has 1 saturated heterocycles. The Hall–Kier alpha value is -0.610. The van der Waals surface area contributed by atoms with Gasteiger partial charge in [-0.3, -0.25) is 9.69 Å². The first-order valence-electron chi connectivity index (χ1n) is 6.97. The summed E-state index contributed by atoms with van der Waals surface area (Å²) < 4.78 is 0. The van der Waals surface area contributed by atoms with Crippen molar-refractivity contribution in [2.45, 2.75) is 46.6 Å². The van der Waals surface area contributed by atoms with Gasteiger partial charge in [-0.05, 0) is 30.7 Å². The molecule has 0 bridgehead atoms. The molecule has 1 heterocycles. The molecule has 0 saturated carbocycles. The van der Waals surface area contributed by atoms with Crippen molar-refractivity contribution >= 4 is 5.97 Å². The normalized spacial score (nSPS) is 26.2. The first-order chi connectivity index (χ1) is 8.30. The predicted molar refractivity (Wildman–Crippen MR) is 73.7 cm³/mol. The van der Waals surface area contributed by atoms with Crippen molar-refractivity contribution in [3.8, 4) is 0 Å². The third kappa shape index (κ3) is 5.83. The minimum atomic E-state index is -0.721. The van der Waals surface area contributed by atoms with Gasteiger partial charge < -0.3 is 10.4 Å². The maximum Gasteiger partial charge on any atom is 0.317 e. The number of carbonyl (C=O) groups is 1. The van der Waals surface area contributed by atoms with Crippen molar-refractivity contribution in [2.75, 3.05) is 26.2 Å². The van der Waals surface area contributed by atoms with Gasteiger partial charge in [-0.1, -0.05) is 27.7 Å². The van der Waals surface area contributed by atoms with Gasteiger partial charge >= 0.3 is 5.97 Å². The highest BCUT2D eigenvalue weighted by molar-refractivity contribution is 5.69. The van der Waals surface area contributed by atoms with Gasteiger partial charge in [0.15, 0.2) is 0 Å². The Morgan fingerprint density at radius 3 is 2.56 bits per heavy atom. The van der Waals surface area contributed by atoms with Gasteiger partial charge in [-0.2, -0.15) is 0 Å². The van der Waals surface area contributed by atoms with Gasteiger partial charge in [0, 0.05) is 19.1 Å². The van der Waals surface area contributed by atoms with E-state index in [1.807, 2.05) is 0 Å². The van der Waals surface area contributed by atoms with E-state index >= 15 is 0 Å². The minimum Gasteiger partial charge on any atom is -0.480 e. The van der Waals surface area contributed by atoms with Crippen LogP contribution in [-0.4, -0.2) is 48.2 Å². The van der Waals surface area contributed by atoms with Crippen LogP contribution in [0.5, 0.6) is 0 Å². The highest BCUT2D eigenvalue weighted by Gasteiger charge is 2.30. The number of hydrogen-bond acceptors (Lipinski definition) is 3. The van der Waals surface area contributed by atoms with Crippen LogP contribution in [0, 0.1) is 11.3 Å². The van der Waals surface area contributed by atoms with Crippen molar-refractivity contribution in [3.63, 3.8) is 0 Å². The molecule has 18 heavy (non-hydrogen) atoms. The quantitative estimate of drug-likeness (QED) is 0.787. The number of nitrogens with zero attached hydrogens (tertiary/aromatic N) is 1. The van der Waals surface area contributed by atoms with Crippen LogP contribution >= 0.6 is 0 Å². The Kier molecular flexibility index (Phi) is 5.60. The van der Waals surface area contributed by atoms with Crippen LogP contribution in [0.15, 0.2) is 0 Å². The molecule has 0 aromatic rings. The third-order valence-corrected chi connectivity index (χ3v) is 3.37. The number of piperidine rings is 1. The molecule has 4 heteroatoms. The summed E-state index contributed by atoms with van der Waals surface area (Å²) in [5.41, 5.74) is 0.313. The zero-order chi connectivity index (χ0) is 13.8. The molecule has 1 aliphatic rings. The Labute approximate surface area is 111 Å². The van der Waals surface area contributed by atoms with Gasteiger partial charge in [0.25, 0.3) is 0 Å². The molecule has 0 radical (unpaired) electrons. The number of carboxylic acid groups (broad SMARTS) is 1. The minimum absolute atomic E-state index is 0.169. The van der Waals surface area contributed by atoms with Crippen molar-refractivity contribution in [2.24, 2.45) is 11.3 Å². The zero-order valence-corrected chi connectivity index (χ0v) is 12.2. The van der Waals surface area contributed by atoms with Crippen molar-refractivity contribution in [1.82, 2.24) is 10.2 Å². The average molecular weight is 256 g/mol. The van der Waals surface area contributed by atoms with E-state index in [-0.39, 0.29) is 6.54 Å². The van der Waals surface area contributed by atoms with Crippen LogP contribution in [0.3, 0.4) is 0 Å². The number of likely N-dealkylation sites (tertiary alicyclic amines) is 1. The monoisotopic (exact) mass is 256 g/mol. The van der Waals surface area contributed by atoms with E-state index in [2.05, 4.69) is 37.9 Å². The first kappa shape index (κ1) is 15.4. The molecule has 2 unspecified atom stereocenters.